The second-order valence-electron chi connectivity index (χ2n) is 2.72. The predicted octanol–water partition coefficient (Wildman–Crippen LogP) is 2.91. The molecular formula is C8H18S6. The van der Waals surface area contributed by atoms with Crippen LogP contribution >= 0.6 is 74.0 Å². The van der Waals surface area contributed by atoms with Crippen LogP contribution in [0.4, 0.5) is 0 Å². The summed E-state index contributed by atoms with van der Waals surface area (Å²) in [5.74, 6) is 5.96. The molecule has 1 unspecified atom stereocenters. The number of hydrogen-bond donors (Lipinski definition) is 4. The Kier molecular flexibility index (Phi) is 13.3. The van der Waals surface area contributed by atoms with Crippen LogP contribution in [0.3, 0.4) is 0 Å². The SMILES string of the molecule is SCCSC(CS)CSC(CS)CS. The van der Waals surface area contributed by atoms with E-state index in [1.807, 2.05) is 23.5 Å². The van der Waals surface area contributed by atoms with Gasteiger partial charge in [-0.05, 0) is 5.75 Å². The van der Waals surface area contributed by atoms with Crippen LogP contribution in [-0.4, -0.2) is 45.0 Å². The van der Waals surface area contributed by atoms with E-state index < -0.39 is 0 Å². The summed E-state index contributed by atoms with van der Waals surface area (Å²) in [7, 11) is 0. The summed E-state index contributed by atoms with van der Waals surface area (Å²) >= 11 is 21.1. The van der Waals surface area contributed by atoms with Crippen LogP contribution in [0.15, 0.2) is 0 Å². The Bertz CT molecular complexity index is 116. The smallest absolute Gasteiger partial charge is 0.0226 e. The van der Waals surface area contributed by atoms with Gasteiger partial charge in [0, 0.05) is 39.3 Å². The zero-order valence-electron chi connectivity index (χ0n) is 8.00. The van der Waals surface area contributed by atoms with Crippen molar-refractivity contribution in [2.45, 2.75) is 10.5 Å². The van der Waals surface area contributed by atoms with E-state index in [9.17, 15) is 0 Å². The fourth-order valence-corrected chi connectivity index (χ4v) is 4.79. The Morgan fingerprint density at radius 2 is 1.36 bits per heavy atom. The first kappa shape index (κ1) is 16.1. The molecule has 0 aromatic rings. The van der Waals surface area contributed by atoms with E-state index in [-0.39, 0.29) is 0 Å². The minimum atomic E-state index is 0.570. The van der Waals surface area contributed by atoms with E-state index in [4.69, 9.17) is 0 Å². The van der Waals surface area contributed by atoms with Gasteiger partial charge in [-0.15, -0.1) is 0 Å². The topological polar surface area (TPSA) is 0 Å². The molecule has 86 valence electrons. The molecule has 0 fully saturated rings. The molecule has 0 aliphatic heterocycles. The van der Waals surface area contributed by atoms with E-state index in [0.717, 1.165) is 34.5 Å². The van der Waals surface area contributed by atoms with Crippen molar-refractivity contribution in [3.63, 3.8) is 0 Å². The molecule has 0 amide bonds. The van der Waals surface area contributed by atoms with Crippen molar-refractivity contribution < 1.29 is 0 Å². The van der Waals surface area contributed by atoms with Crippen molar-refractivity contribution in [2.75, 3.05) is 34.5 Å². The Labute approximate surface area is 118 Å². The lowest BCUT2D eigenvalue weighted by Gasteiger charge is -2.16. The molecule has 0 aliphatic carbocycles. The monoisotopic (exact) mass is 306 g/mol. The van der Waals surface area contributed by atoms with Crippen LogP contribution in [0.1, 0.15) is 0 Å². The summed E-state index contributed by atoms with van der Waals surface area (Å²) in [6.07, 6.45) is 0. The summed E-state index contributed by atoms with van der Waals surface area (Å²) in [6, 6.07) is 0. The van der Waals surface area contributed by atoms with Crippen molar-refractivity contribution in [1.82, 2.24) is 0 Å². The van der Waals surface area contributed by atoms with Crippen molar-refractivity contribution in [1.29, 1.82) is 0 Å². The van der Waals surface area contributed by atoms with Crippen molar-refractivity contribution in [3.05, 3.63) is 0 Å². The minimum Gasteiger partial charge on any atom is -0.179 e. The molecule has 0 saturated carbocycles. The maximum atomic E-state index is 4.35. The highest BCUT2D eigenvalue weighted by Gasteiger charge is 2.11. The normalized spacial score (nSPS) is 13.5. The molecule has 0 aliphatic rings. The van der Waals surface area contributed by atoms with Crippen molar-refractivity contribution in [3.8, 4) is 0 Å². The highest BCUT2D eigenvalue weighted by Crippen LogP contribution is 2.22. The largest absolute Gasteiger partial charge is 0.179 e. The van der Waals surface area contributed by atoms with Gasteiger partial charge in [0.25, 0.3) is 0 Å². The second kappa shape index (κ2) is 11.6. The number of rotatable bonds is 9. The summed E-state index contributed by atoms with van der Waals surface area (Å²) in [5, 5.41) is 1.21. The third kappa shape index (κ3) is 8.28. The molecule has 14 heavy (non-hydrogen) atoms. The van der Waals surface area contributed by atoms with Crippen LogP contribution in [0.5, 0.6) is 0 Å². The first-order chi connectivity index (χ1) is 6.78. The van der Waals surface area contributed by atoms with Crippen LogP contribution in [0, 0.1) is 0 Å². The van der Waals surface area contributed by atoms with E-state index >= 15 is 0 Å². The molecule has 0 nitrogen and oxygen atoms in total. The molecule has 0 radical (unpaired) electrons. The highest BCUT2D eigenvalue weighted by atomic mass is 32.2. The average molecular weight is 307 g/mol. The second-order valence-corrected chi connectivity index (χ2v) is 7.00. The van der Waals surface area contributed by atoms with E-state index in [1.54, 1.807) is 0 Å². The van der Waals surface area contributed by atoms with Crippen LogP contribution < -0.4 is 0 Å². The van der Waals surface area contributed by atoms with E-state index in [2.05, 4.69) is 50.5 Å². The number of thioether (sulfide) groups is 2. The van der Waals surface area contributed by atoms with Crippen LogP contribution in [0.25, 0.3) is 0 Å². The maximum absolute atomic E-state index is 4.35. The molecule has 0 aromatic carbocycles. The summed E-state index contributed by atoms with van der Waals surface area (Å²) in [4.78, 5) is 0. The van der Waals surface area contributed by atoms with Gasteiger partial charge in [-0.25, -0.2) is 0 Å². The molecule has 1 atom stereocenters. The molecule has 0 saturated heterocycles. The minimum absolute atomic E-state index is 0.570. The molecule has 0 bridgehead atoms. The Morgan fingerprint density at radius 1 is 0.786 bits per heavy atom. The summed E-state index contributed by atoms with van der Waals surface area (Å²) in [5.41, 5.74) is 0. The highest BCUT2D eigenvalue weighted by molar-refractivity contribution is 8.05. The maximum Gasteiger partial charge on any atom is 0.0226 e. The number of hydrogen-bond acceptors (Lipinski definition) is 6. The molecule has 0 aromatic heterocycles. The molecular weight excluding hydrogens is 288 g/mol. The first-order valence-corrected chi connectivity index (χ1v) is 9.07. The van der Waals surface area contributed by atoms with Gasteiger partial charge < -0.3 is 0 Å². The van der Waals surface area contributed by atoms with E-state index in [1.165, 1.54) is 0 Å². The fraction of sp³-hybridized carbons (Fsp3) is 1.00. The van der Waals surface area contributed by atoms with Gasteiger partial charge in [0.05, 0.1) is 0 Å². The Balaban J connectivity index is 3.59. The van der Waals surface area contributed by atoms with Gasteiger partial charge in [0.1, 0.15) is 0 Å². The standard InChI is InChI=1S/C8H18S6/c9-1-2-13-8(5-12)6-14-7(3-10)4-11/h7-12H,1-6H2. The zero-order valence-corrected chi connectivity index (χ0v) is 13.2. The van der Waals surface area contributed by atoms with Gasteiger partial charge in [-0.3, -0.25) is 0 Å². The van der Waals surface area contributed by atoms with E-state index in [0.29, 0.717) is 10.5 Å². The third-order valence-corrected chi connectivity index (χ3v) is 7.02. The quantitative estimate of drug-likeness (QED) is 0.484. The van der Waals surface area contributed by atoms with Gasteiger partial charge in [-0.1, -0.05) is 0 Å². The molecule has 0 rings (SSSR count). The molecule has 6 heteroatoms. The van der Waals surface area contributed by atoms with Crippen LogP contribution in [-0.2, 0) is 0 Å². The van der Waals surface area contributed by atoms with Crippen molar-refractivity contribution in [2.24, 2.45) is 0 Å². The lowest BCUT2D eigenvalue weighted by Crippen LogP contribution is -2.15. The number of thiol groups is 4. The predicted molar refractivity (Wildman–Crippen MR) is 87.9 cm³/mol. The Morgan fingerprint density at radius 3 is 1.79 bits per heavy atom. The first-order valence-electron chi connectivity index (χ1n) is 4.45. The summed E-state index contributed by atoms with van der Waals surface area (Å²) < 4.78 is 0. The molecule has 0 spiro atoms. The Hall–Kier alpha value is 2.10. The lowest BCUT2D eigenvalue weighted by molar-refractivity contribution is 1.11. The third-order valence-electron chi connectivity index (χ3n) is 1.57. The van der Waals surface area contributed by atoms with Gasteiger partial charge >= 0.3 is 0 Å². The van der Waals surface area contributed by atoms with Gasteiger partial charge in [-0.2, -0.15) is 74.0 Å². The van der Waals surface area contributed by atoms with Crippen molar-refractivity contribution >= 4 is 74.0 Å². The van der Waals surface area contributed by atoms with Gasteiger partial charge in [0.15, 0.2) is 0 Å². The van der Waals surface area contributed by atoms with Crippen LogP contribution in [0.2, 0.25) is 0 Å². The summed E-state index contributed by atoms with van der Waals surface area (Å²) in [6.45, 7) is 0. The van der Waals surface area contributed by atoms with Gasteiger partial charge in [0.2, 0.25) is 0 Å². The molecule has 0 heterocycles. The lowest BCUT2D eigenvalue weighted by atomic mass is 10.5. The zero-order chi connectivity index (χ0) is 10.8. The molecule has 0 N–H and O–H groups in total. The average Bonchev–Trinajstić information content (AvgIpc) is 2.23. The fourth-order valence-electron chi connectivity index (χ4n) is 0.779.